The molecule has 0 saturated heterocycles. The highest BCUT2D eigenvalue weighted by Crippen LogP contribution is 2.12. The van der Waals surface area contributed by atoms with Gasteiger partial charge < -0.3 is 46.4 Å². The summed E-state index contributed by atoms with van der Waals surface area (Å²) in [4.78, 5) is 16.6. The number of esters is 1. The monoisotopic (exact) mass is 535 g/mol. The molecule has 0 amide bonds. The van der Waals surface area contributed by atoms with E-state index in [9.17, 15) is 4.79 Å². The first-order valence-corrected chi connectivity index (χ1v) is 13.8. The van der Waals surface area contributed by atoms with Gasteiger partial charge in [0.05, 0.1) is 91.4 Å². The first-order chi connectivity index (χ1) is 17.7. The number of rotatable bonds is 25. The van der Waals surface area contributed by atoms with Gasteiger partial charge in [-0.2, -0.15) is 0 Å². The van der Waals surface area contributed by atoms with Crippen LogP contribution in [0.25, 0.3) is 0 Å². The van der Waals surface area contributed by atoms with E-state index in [1.54, 1.807) is 45.7 Å². The summed E-state index contributed by atoms with van der Waals surface area (Å²) in [6.45, 7) is 4.12. The lowest BCUT2D eigenvalue weighted by atomic mass is 10.3. The van der Waals surface area contributed by atoms with Crippen molar-refractivity contribution in [3.63, 3.8) is 0 Å². The van der Waals surface area contributed by atoms with Gasteiger partial charge in [0.1, 0.15) is 0 Å². The maximum atomic E-state index is 12.5. The lowest BCUT2D eigenvalue weighted by Crippen LogP contribution is -2.53. The van der Waals surface area contributed by atoms with Gasteiger partial charge in [-0.1, -0.05) is 6.07 Å². The smallest absolute Gasteiger partial charge is 0.461 e. The van der Waals surface area contributed by atoms with Gasteiger partial charge in [-0.3, -0.25) is 9.78 Å². The number of nitrogens with zero attached hydrogens (tertiary/aromatic N) is 1. The average Bonchev–Trinajstić information content (AvgIpc) is 2.89. The zero-order valence-corrected chi connectivity index (χ0v) is 22.6. The van der Waals surface area contributed by atoms with E-state index in [0.717, 1.165) is 0 Å². The maximum absolute atomic E-state index is 12.5. The quantitative estimate of drug-likeness (QED) is 0.0994. The van der Waals surface area contributed by atoms with E-state index in [1.165, 1.54) is 0 Å². The zero-order valence-electron chi connectivity index (χ0n) is 21.6. The normalized spacial score (nSPS) is 11.6. The second kappa shape index (κ2) is 22.7. The van der Waals surface area contributed by atoms with Crippen molar-refractivity contribution in [2.75, 3.05) is 107 Å². The van der Waals surface area contributed by atoms with Crippen molar-refractivity contribution >= 4 is 14.8 Å². The van der Waals surface area contributed by atoms with E-state index < -0.39 is 14.8 Å². The van der Waals surface area contributed by atoms with Crippen LogP contribution < -0.4 is 0 Å². The van der Waals surface area contributed by atoms with E-state index in [4.69, 9.17) is 46.4 Å². The van der Waals surface area contributed by atoms with Crippen LogP contribution >= 0.6 is 0 Å². The first kappa shape index (κ1) is 32.5. The van der Waals surface area contributed by atoms with Crippen LogP contribution in [0.3, 0.4) is 0 Å². The predicted molar refractivity (Wildman–Crippen MR) is 131 cm³/mol. The van der Waals surface area contributed by atoms with Crippen LogP contribution in [0.2, 0.25) is 0 Å². The van der Waals surface area contributed by atoms with Crippen LogP contribution in [0.5, 0.6) is 0 Å². The fourth-order valence-corrected chi connectivity index (χ4v) is 4.64. The number of methoxy groups -OCH3 is 3. The Morgan fingerprint density at radius 1 is 0.694 bits per heavy atom. The number of carbonyl (C=O) groups excluding carboxylic acids is 1. The van der Waals surface area contributed by atoms with Gasteiger partial charge in [0.2, 0.25) is 0 Å². The molecule has 0 saturated carbocycles. The summed E-state index contributed by atoms with van der Waals surface area (Å²) in [5.74, 6) is -0.467. The van der Waals surface area contributed by atoms with E-state index in [-0.39, 0.29) is 32.5 Å². The lowest BCUT2D eigenvalue weighted by Gasteiger charge is -2.29. The van der Waals surface area contributed by atoms with Crippen LogP contribution in [-0.2, 0) is 57.7 Å². The molecule has 0 aliphatic heterocycles. The Morgan fingerprint density at radius 2 is 1.17 bits per heavy atom. The minimum atomic E-state index is -3.48. The van der Waals surface area contributed by atoms with Gasteiger partial charge in [-0.15, -0.1) is 0 Å². The summed E-state index contributed by atoms with van der Waals surface area (Å²) < 4.78 is 55.0. The minimum Gasteiger partial charge on any atom is -0.461 e. The Balaban J connectivity index is 2.73. The Kier molecular flexibility index (Phi) is 20.5. The van der Waals surface area contributed by atoms with Crippen molar-refractivity contribution < 1.29 is 51.2 Å². The van der Waals surface area contributed by atoms with Crippen molar-refractivity contribution in [3.8, 4) is 0 Å². The molecule has 1 aromatic rings. The van der Waals surface area contributed by atoms with Crippen LogP contribution in [0.4, 0.5) is 0 Å². The number of aromatic nitrogens is 1. The third kappa shape index (κ3) is 17.0. The molecular weight excluding hydrogens is 494 g/mol. The van der Waals surface area contributed by atoms with Crippen LogP contribution in [0, 0.1) is 0 Å². The lowest BCUT2D eigenvalue weighted by molar-refractivity contribution is -0.143. The number of hydrogen-bond donors (Lipinski definition) is 0. The zero-order chi connectivity index (χ0) is 26.2. The average molecular weight is 536 g/mol. The van der Waals surface area contributed by atoms with Crippen molar-refractivity contribution in [2.24, 2.45) is 0 Å². The standard InChI is InChI=1S/C23H41NO11Si/c1-26-8-11-29-14-17-33-36(34-18-15-30-12-9-27-2,35-19-16-31-13-10-28-3)21-32-23(25)20-22-6-4-5-7-24-22/h4-7H,8-21H2,1-3H3. The van der Waals surface area contributed by atoms with Gasteiger partial charge in [0, 0.05) is 27.5 Å². The third-order valence-corrected chi connectivity index (χ3v) is 6.84. The molecule has 36 heavy (non-hydrogen) atoms. The summed E-state index contributed by atoms with van der Waals surface area (Å²) in [6.07, 6.45) is 1.46. The molecule has 208 valence electrons. The highest BCUT2D eigenvalue weighted by molar-refractivity contribution is 6.60. The highest BCUT2D eigenvalue weighted by Gasteiger charge is 2.44. The molecule has 0 aromatic carbocycles. The molecule has 0 aliphatic carbocycles. The summed E-state index contributed by atoms with van der Waals surface area (Å²) in [5.41, 5.74) is 0.599. The van der Waals surface area contributed by atoms with E-state index in [2.05, 4.69) is 4.98 Å². The minimum absolute atomic E-state index is 0.0196. The number of pyridine rings is 1. The first-order valence-electron chi connectivity index (χ1n) is 11.8. The summed E-state index contributed by atoms with van der Waals surface area (Å²) in [5, 5.41) is 0. The van der Waals surface area contributed by atoms with Crippen molar-refractivity contribution in [1.82, 2.24) is 4.98 Å². The molecule has 1 aromatic heterocycles. The van der Waals surface area contributed by atoms with Gasteiger partial charge in [-0.05, 0) is 12.1 Å². The van der Waals surface area contributed by atoms with Crippen molar-refractivity contribution in [2.45, 2.75) is 6.42 Å². The maximum Gasteiger partial charge on any atom is 0.541 e. The molecule has 1 rings (SSSR count). The Morgan fingerprint density at radius 3 is 1.58 bits per heavy atom. The Hall–Kier alpha value is -1.52. The number of ether oxygens (including phenoxy) is 7. The van der Waals surface area contributed by atoms with Gasteiger partial charge in [-0.25, -0.2) is 0 Å². The predicted octanol–water partition coefficient (Wildman–Crippen LogP) is 0.684. The number of hydrogen-bond acceptors (Lipinski definition) is 12. The van der Waals surface area contributed by atoms with E-state index in [1.807, 2.05) is 0 Å². The number of carbonyl (C=O) groups is 1. The molecule has 0 bridgehead atoms. The third-order valence-electron chi connectivity index (χ3n) is 4.41. The molecule has 0 spiro atoms. The SMILES string of the molecule is COCCOCCO[Si](COC(=O)Cc1ccccn1)(OCCOCCOC)OCCOCCOC. The molecule has 12 nitrogen and oxygen atoms in total. The van der Waals surface area contributed by atoms with Crippen molar-refractivity contribution in [1.29, 1.82) is 0 Å². The van der Waals surface area contributed by atoms with Gasteiger partial charge >= 0.3 is 14.8 Å². The largest absolute Gasteiger partial charge is 0.541 e. The Bertz CT molecular complexity index is 601. The second-order valence-corrected chi connectivity index (χ2v) is 9.72. The highest BCUT2D eigenvalue weighted by atomic mass is 28.4. The van der Waals surface area contributed by atoms with E-state index >= 15 is 0 Å². The molecule has 13 heteroatoms. The van der Waals surface area contributed by atoms with Crippen molar-refractivity contribution in [3.05, 3.63) is 30.1 Å². The molecule has 1 heterocycles. The molecule has 0 N–H and O–H groups in total. The fourth-order valence-electron chi connectivity index (χ4n) is 2.62. The summed E-state index contributed by atoms with van der Waals surface area (Å²) >= 11 is 0. The molecule has 0 unspecified atom stereocenters. The summed E-state index contributed by atoms with van der Waals surface area (Å²) in [6, 6.07) is 5.34. The van der Waals surface area contributed by atoms with Crippen LogP contribution in [0.15, 0.2) is 24.4 Å². The van der Waals surface area contributed by atoms with Gasteiger partial charge in [0.25, 0.3) is 0 Å². The second-order valence-electron chi connectivity index (χ2n) is 7.20. The molecule has 0 aliphatic rings. The Labute approximate surface area is 214 Å². The van der Waals surface area contributed by atoms with Gasteiger partial charge in [0.15, 0.2) is 6.23 Å². The van der Waals surface area contributed by atoms with Crippen LogP contribution in [0.1, 0.15) is 5.69 Å². The summed E-state index contributed by atoms with van der Waals surface area (Å²) in [7, 11) is 1.32. The molecular formula is C23H41NO11Si. The fraction of sp³-hybridized carbons (Fsp3) is 0.739. The topological polar surface area (TPSA) is 122 Å². The van der Waals surface area contributed by atoms with E-state index in [0.29, 0.717) is 65.2 Å². The molecule has 0 atom stereocenters. The molecule has 0 fully saturated rings. The van der Waals surface area contributed by atoms with Crippen LogP contribution in [-0.4, -0.2) is 127 Å². The molecule has 0 radical (unpaired) electrons.